The zero-order valence-corrected chi connectivity index (χ0v) is 14.9. The van der Waals surface area contributed by atoms with Gasteiger partial charge >= 0.3 is 5.97 Å². The lowest BCUT2D eigenvalue weighted by molar-refractivity contribution is -0.141. The number of rotatable bonds is 11. The number of nitrogens with one attached hydrogen (secondary N) is 4. The smallest absolute Gasteiger partial charge is 0.326 e. The highest BCUT2D eigenvalue weighted by molar-refractivity contribution is 5.89. The summed E-state index contributed by atoms with van der Waals surface area (Å²) in [6.45, 7) is 0.0490. The summed E-state index contributed by atoms with van der Waals surface area (Å²) in [5.74, 6) is -2.44. The van der Waals surface area contributed by atoms with Crippen molar-refractivity contribution in [2.75, 3.05) is 13.1 Å². The highest BCUT2D eigenvalue weighted by atomic mass is 16.4. The summed E-state index contributed by atoms with van der Waals surface area (Å²) >= 11 is 0. The molecule has 0 bridgehead atoms. The first-order chi connectivity index (χ1) is 12.8. The van der Waals surface area contributed by atoms with Gasteiger partial charge in [0.1, 0.15) is 6.04 Å². The van der Waals surface area contributed by atoms with E-state index in [4.69, 9.17) is 16.9 Å². The maximum absolute atomic E-state index is 11.9. The molecule has 0 heterocycles. The highest BCUT2D eigenvalue weighted by Crippen LogP contribution is 2.03. The van der Waals surface area contributed by atoms with Gasteiger partial charge in [-0.15, -0.1) is 0 Å². The predicted molar refractivity (Wildman–Crippen MR) is 99.8 cm³/mol. The molecule has 1 rings (SSSR count). The van der Waals surface area contributed by atoms with E-state index in [2.05, 4.69) is 16.0 Å². The monoisotopic (exact) mass is 378 g/mol. The summed E-state index contributed by atoms with van der Waals surface area (Å²) < 4.78 is 0. The minimum absolute atomic E-state index is 0.137. The van der Waals surface area contributed by atoms with Gasteiger partial charge in [0.25, 0.3) is 0 Å². The van der Waals surface area contributed by atoms with Gasteiger partial charge in [0, 0.05) is 13.0 Å². The summed E-state index contributed by atoms with van der Waals surface area (Å²) in [4.78, 5) is 35.1. The first-order valence-corrected chi connectivity index (χ1v) is 8.47. The van der Waals surface area contributed by atoms with Gasteiger partial charge in [-0.05, 0) is 18.4 Å². The van der Waals surface area contributed by atoms with E-state index in [0.29, 0.717) is 19.4 Å². The molecule has 0 aromatic heterocycles. The molecule has 0 unspecified atom stereocenters. The SMILES string of the molecule is N=C(N)NCCC[C@H](N)C(=O)NCC(=O)N[C@@H](Cc1ccccc1)C(=O)O. The fraction of sp³-hybridized carbons (Fsp3) is 0.412. The second-order valence-corrected chi connectivity index (χ2v) is 5.96. The molecular formula is C17H26N6O4. The lowest BCUT2D eigenvalue weighted by Crippen LogP contribution is -2.49. The van der Waals surface area contributed by atoms with Gasteiger partial charge in [0.05, 0.1) is 12.6 Å². The number of hydrogen-bond donors (Lipinski definition) is 7. The molecule has 10 nitrogen and oxygen atoms in total. The molecule has 0 saturated heterocycles. The van der Waals surface area contributed by atoms with Crippen LogP contribution in [0.4, 0.5) is 0 Å². The van der Waals surface area contributed by atoms with Crippen molar-refractivity contribution >= 4 is 23.7 Å². The predicted octanol–water partition coefficient (Wildman–Crippen LogP) is -1.49. The molecule has 0 aliphatic heterocycles. The number of carboxylic acid groups (broad SMARTS) is 1. The van der Waals surface area contributed by atoms with E-state index in [1.54, 1.807) is 24.3 Å². The number of carbonyl (C=O) groups excluding carboxylic acids is 2. The van der Waals surface area contributed by atoms with Gasteiger partial charge in [-0.3, -0.25) is 15.0 Å². The van der Waals surface area contributed by atoms with Crippen LogP contribution in [0.2, 0.25) is 0 Å². The van der Waals surface area contributed by atoms with Gasteiger partial charge in [-0.1, -0.05) is 30.3 Å². The molecule has 0 spiro atoms. The molecule has 27 heavy (non-hydrogen) atoms. The molecule has 10 heteroatoms. The normalized spacial score (nSPS) is 12.5. The van der Waals surface area contributed by atoms with Crippen molar-refractivity contribution in [1.82, 2.24) is 16.0 Å². The van der Waals surface area contributed by atoms with Gasteiger partial charge in [-0.2, -0.15) is 0 Å². The molecule has 0 aliphatic rings. The molecule has 0 radical (unpaired) electrons. The Kier molecular flexibility index (Phi) is 9.30. The van der Waals surface area contributed by atoms with Crippen LogP contribution < -0.4 is 27.4 Å². The summed E-state index contributed by atoms with van der Waals surface area (Å²) in [7, 11) is 0. The van der Waals surface area contributed by atoms with Crippen LogP contribution in [0, 0.1) is 5.41 Å². The van der Waals surface area contributed by atoms with Crippen LogP contribution in [0.3, 0.4) is 0 Å². The van der Waals surface area contributed by atoms with Crippen molar-refractivity contribution in [1.29, 1.82) is 5.41 Å². The Morgan fingerprint density at radius 1 is 1.15 bits per heavy atom. The van der Waals surface area contributed by atoms with Crippen LogP contribution in [0.1, 0.15) is 18.4 Å². The van der Waals surface area contributed by atoms with Crippen LogP contribution in [-0.2, 0) is 20.8 Å². The fourth-order valence-electron chi connectivity index (χ4n) is 2.27. The Morgan fingerprint density at radius 3 is 2.41 bits per heavy atom. The Balaban J connectivity index is 2.37. The number of aliphatic carboxylic acids is 1. The van der Waals surface area contributed by atoms with Gasteiger partial charge in [0.2, 0.25) is 11.8 Å². The molecule has 1 aromatic carbocycles. The lowest BCUT2D eigenvalue weighted by Gasteiger charge is -2.16. The number of carboxylic acids is 1. The third kappa shape index (κ3) is 9.21. The van der Waals surface area contributed by atoms with Crippen molar-refractivity contribution in [3.05, 3.63) is 35.9 Å². The average Bonchev–Trinajstić information content (AvgIpc) is 2.63. The minimum atomic E-state index is -1.16. The maximum atomic E-state index is 11.9. The van der Waals surface area contributed by atoms with E-state index in [-0.39, 0.29) is 18.9 Å². The van der Waals surface area contributed by atoms with E-state index in [1.807, 2.05) is 6.07 Å². The van der Waals surface area contributed by atoms with Gasteiger partial charge < -0.3 is 32.5 Å². The van der Waals surface area contributed by atoms with E-state index >= 15 is 0 Å². The van der Waals surface area contributed by atoms with E-state index in [0.717, 1.165) is 5.56 Å². The zero-order chi connectivity index (χ0) is 20.2. The Morgan fingerprint density at radius 2 is 1.81 bits per heavy atom. The molecule has 148 valence electrons. The lowest BCUT2D eigenvalue weighted by atomic mass is 10.1. The van der Waals surface area contributed by atoms with E-state index in [1.165, 1.54) is 0 Å². The maximum Gasteiger partial charge on any atom is 0.326 e. The number of amides is 2. The molecular weight excluding hydrogens is 352 g/mol. The van der Waals surface area contributed by atoms with E-state index in [9.17, 15) is 19.5 Å². The number of guanidine groups is 1. The second kappa shape index (κ2) is 11.5. The Labute approximate surface area is 157 Å². The standard InChI is InChI=1S/C17H26N6O4/c18-12(7-4-8-21-17(19)20)15(25)22-10-14(24)23-13(16(26)27)9-11-5-2-1-3-6-11/h1-3,5-6,12-13H,4,7-10,18H2,(H,22,25)(H,23,24)(H,26,27)(H4,19,20,21)/t12-,13-/m0/s1. The zero-order valence-electron chi connectivity index (χ0n) is 14.9. The highest BCUT2D eigenvalue weighted by Gasteiger charge is 2.21. The fourth-order valence-corrected chi connectivity index (χ4v) is 2.27. The minimum Gasteiger partial charge on any atom is -0.480 e. The third-order valence-corrected chi connectivity index (χ3v) is 3.68. The first-order valence-electron chi connectivity index (χ1n) is 8.47. The van der Waals surface area contributed by atoms with Crippen molar-refractivity contribution in [2.24, 2.45) is 11.5 Å². The summed E-state index contributed by atoms with van der Waals surface area (Å²) in [6.07, 6.45) is 1.01. The van der Waals surface area contributed by atoms with Gasteiger partial charge in [0.15, 0.2) is 5.96 Å². The van der Waals surface area contributed by atoms with Crippen molar-refractivity contribution in [3.63, 3.8) is 0 Å². The second-order valence-electron chi connectivity index (χ2n) is 5.96. The van der Waals surface area contributed by atoms with Crippen LogP contribution >= 0.6 is 0 Å². The number of hydrogen-bond acceptors (Lipinski definition) is 5. The molecule has 1 aromatic rings. The van der Waals surface area contributed by atoms with E-state index < -0.39 is 29.9 Å². The largest absolute Gasteiger partial charge is 0.480 e. The summed E-state index contributed by atoms with van der Waals surface area (Å²) in [5, 5.41) is 23.6. The van der Waals surface area contributed by atoms with Crippen LogP contribution in [0.5, 0.6) is 0 Å². The topological polar surface area (TPSA) is 183 Å². The Bertz CT molecular complexity index is 652. The number of benzene rings is 1. The number of carbonyl (C=O) groups is 3. The van der Waals surface area contributed by atoms with Crippen LogP contribution in [0.15, 0.2) is 30.3 Å². The molecule has 9 N–H and O–H groups in total. The number of nitrogens with two attached hydrogens (primary N) is 2. The Hall–Kier alpha value is -3.14. The molecule has 0 aliphatic carbocycles. The van der Waals surface area contributed by atoms with Crippen molar-refractivity contribution in [3.8, 4) is 0 Å². The first kappa shape index (κ1) is 21.9. The van der Waals surface area contributed by atoms with Crippen molar-refractivity contribution < 1.29 is 19.5 Å². The quantitative estimate of drug-likeness (QED) is 0.139. The molecule has 2 atom stereocenters. The molecule has 0 fully saturated rings. The van der Waals surface area contributed by atoms with Crippen LogP contribution in [0.25, 0.3) is 0 Å². The van der Waals surface area contributed by atoms with Crippen molar-refractivity contribution in [2.45, 2.75) is 31.3 Å². The summed E-state index contributed by atoms with van der Waals surface area (Å²) in [6, 6.07) is 7.00. The average molecular weight is 378 g/mol. The summed E-state index contributed by atoms with van der Waals surface area (Å²) in [5.41, 5.74) is 11.6. The molecule has 0 saturated carbocycles. The van der Waals surface area contributed by atoms with Crippen LogP contribution in [-0.4, -0.2) is 54.0 Å². The molecule has 2 amide bonds. The van der Waals surface area contributed by atoms with Gasteiger partial charge in [-0.25, -0.2) is 4.79 Å². The third-order valence-electron chi connectivity index (χ3n) is 3.68.